The molecule has 3 aliphatic rings. The summed E-state index contributed by atoms with van der Waals surface area (Å²) >= 11 is 0. The summed E-state index contributed by atoms with van der Waals surface area (Å²) in [7, 11) is 1.36. The molecule has 0 unspecified atom stereocenters. The van der Waals surface area contributed by atoms with E-state index in [4.69, 9.17) is 28.4 Å². The highest BCUT2D eigenvalue weighted by Crippen LogP contribution is 2.32. The predicted molar refractivity (Wildman–Crippen MR) is 148 cm³/mol. The van der Waals surface area contributed by atoms with E-state index >= 15 is 0 Å². The van der Waals surface area contributed by atoms with Crippen molar-refractivity contribution >= 4 is 5.97 Å². The quantitative estimate of drug-likeness (QED) is 0.0572. The lowest BCUT2D eigenvalue weighted by molar-refractivity contribution is -0.379. The van der Waals surface area contributed by atoms with Gasteiger partial charge in [0, 0.05) is 13.0 Å². The maximum atomic E-state index is 11.1. The van der Waals surface area contributed by atoms with Crippen LogP contribution in [0.25, 0.3) is 0 Å². The number of unbranched alkanes of at least 4 members (excludes halogenated alkanes) is 5. The van der Waals surface area contributed by atoms with Crippen molar-refractivity contribution < 1.29 is 83.9 Å². The molecule has 264 valence electrons. The minimum atomic E-state index is -1.84. The molecule has 17 nitrogen and oxygen atoms in total. The van der Waals surface area contributed by atoms with E-state index in [0.717, 1.165) is 32.1 Å². The third-order valence-corrected chi connectivity index (χ3v) is 8.32. The minimum Gasteiger partial charge on any atom is -0.469 e. The van der Waals surface area contributed by atoms with Gasteiger partial charge in [-0.3, -0.25) is 4.79 Å². The molecule has 3 heterocycles. The maximum Gasteiger partial charge on any atom is 0.305 e. The number of carbonyl (C=O) groups is 1. The van der Waals surface area contributed by atoms with Crippen molar-refractivity contribution in [3.05, 3.63) is 0 Å². The van der Waals surface area contributed by atoms with E-state index in [1.54, 1.807) is 0 Å². The van der Waals surface area contributed by atoms with Crippen LogP contribution in [0.15, 0.2) is 0 Å². The lowest BCUT2D eigenvalue weighted by Gasteiger charge is -2.48. The summed E-state index contributed by atoms with van der Waals surface area (Å²) < 4.78 is 38.1. The van der Waals surface area contributed by atoms with Gasteiger partial charge in [0.1, 0.15) is 67.1 Å². The van der Waals surface area contributed by atoms with Gasteiger partial charge >= 0.3 is 5.97 Å². The molecule has 0 spiro atoms. The smallest absolute Gasteiger partial charge is 0.305 e. The highest BCUT2D eigenvalue weighted by atomic mass is 16.8. The molecule has 0 aromatic heterocycles. The first kappa shape index (κ1) is 38.3. The first-order valence-corrected chi connectivity index (χ1v) is 15.4. The lowest BCUT2D eigenvalue weighted by atomic mass is 9.96. The molecule has 15 atom stereocenters. The van der Waals surface area contributed by atoms with Crippen LogP contribution in [-0.4, -0.2) is 171 Å². The Morgan fingerprint density at radius 1 is 0.600 bits per heavy atom. The summed E-state index contributed by atoms with van der Waals surface area (Å²) in [6.45, 7) is 0.155. The Morgan fingerprint density at radius 2 is 1.16 bits per heavy atom. The van der Waals surface area contributed by atoms with Crippen LogP contribution in [0.5, 0.6) is 0 Å². The minimum absolute atomic E-state index is 0.194. The maximum absolute atomic E-state index is 11.1. The van der Waals surface area contributed by atoms with E-state index in [-0.39, 0.29) is 12.6 Å². The highest BCUT2D eigenvalue weighted by molar-refractivity contribution is 5.68. The monoisotopic (exact) mass is 658 g/mol. The molecule has 3 fully saturated rings. The van der Waals surface area contributed by atoms with Crippen molar-refractivity contribution in [2.45, 2.75) is 144 Å². The zero-order valence-electron chi connectivity index (χ0n) is 25.5. The van der Waals surface area contributed by atoms with Gasteiger partial charge in [-0.2, -0.15) is 0 Å². The Hall–Kier alpha value is -1.13. The summed E-state index contributed by atoms with van der Waals surface area (Å²) in [5.41, 5.74) is 0. The number of hydrogen-bond donors (Lipinski definition) is 9. The van der Waals surface area contributed by atoms with Crippen molar-refractivity contribution in [3.63, 3.8) is 0 Å². The Morgan fingerprint density at radius 3 is 1.80 bits per heavy atom. The van der Waals surface area contributed by atoms with E-state index in [2.05, 4.69) is 4.74 Å². The van der Waals surface area contributed by atoms with Gasteiger partial charge in [0.25, 0.3) is 0 Å². The van der Waals surface area contributed by atoms with Crippen molar-refractivity contribution in [1.29, 1.82) is 0 Å². The third-order valence-electron chi connectivity index (χ3n) is 8.32. The van der Waals surface area contributed by atoms with Crippen LogP contribution in [0.4, 0.5) is 0 Å². The fourth-order valence-electron chi connectivity index (χ4n) is 5.50. The van der Waals surface area contributed by atoms with Crippen LogP contribution in [0.1, 0.15) is 51.9 Å². The van der Waals surface area contributed by atoms with Crippen molar-refractivity contribution in [2.75, 3.05) is 26.9 Å². The van der Waals surface area contributed by atoms with Gasteiger partial charge in [0.05, 0.1) is 26.4 Å². The summed E-state index contributed by atoms with van der Waals surface area (Å²) in [6.07, 6.45) is -17.7. The molecule has 0 radical (unpaired) electrons. The number of ether oxygens (including phenoxy) is 7. The molecule has 0 saturated carbocycles. The van der Waals surface area contributed by atoms with Crippen molar-refractivity contribution in [2.24, 2.45) is 0 Å². The number of aliphatic hydroxyl groups is 9. The predicted octanol–water partition coefficient (Wildman–Crippen LogP) is -3.62. The fraction of sp³-hybridized carbons (Fsp3) is 0.964. The molecule has 9 N–H and O–H groups in total. The molecule has 0 aromatic rings. The number of esters is 1. The van der Waals surface area contributed by atoms with E-state index < -0.39 is 105 Å². The van der Waals surface area contributed by atoms with Gasteiger partial charge in [0.2, 0.25) is 0 Å². The fourth-order valence-corrected chi connectivity index (χ4v) is 5.50. The van der Waals surface area contributed by atoms with Crippen LogP contribution in [0.3, 0.4) is 0 Å². The van der Waals surface area contributed by atoms with Gasteiger partial charge in [-0.25, -0.2) is 0 Å². The molecule has 3 aliphatic heterocycles. The number of carbonyl (C=O) groups excluding carboxylic acids is 1. The van der Waals surface area contributed by atoms with Crippen LogP contribution >= 0.6 is 0 Å². The first-order chi connectivity index (χ1) is 21.4. The zero-order chi connectivity index (χ0) is 33.3. The normalized spacial score (nSPS) is 42.4. The van der Waals surface area contributed by atoms with Gasteiger partial charge in [-0.1, -0.05) is 25.7 Å². The topological polar surface area (TPSA) is 264 Å². The molecule has 0 bridgehead atoms. The number of aliphatic hydroxyl groups excluding tert-OH is 9. The van der Waals surface area contributed by atoms with Crippen LogP contribution in [-0.2, 0) is 38.0 Å². The van der Waals surface area contributed by atoms with Crippen LogP contribution in [0.2, 0.25) is 0 Å². The SMILES string of the molecule is COC(=O)CCCCCCCCO[C@@H]1O[C@H](CO)[C@@H](O[C@@H]2O[C@H](CO)[C@H](O)[C@H](O[C@H]3O[C@H](C)[C@H](O)[C@H](O)[C@H]3O)[C@H]2O)[C@H](O)[C@H]1O. The van der Waals surface area contributed by atoms with E-state index in [9.17, 15) is 50.8 Å². The Balaban J connectivity index is 1.54. The molecule has 45 heavy (non-hydrogen) atoms. The zero-order valence-corrected chi connectivity index (χ0v) is 25.5. The standard InChI is InChI=1S/C28H50O17/c1-13-17(32)19(34)21(36)27(41-13)45-25-18(33)14(11-29)42-28(23(25)38)44-24-15(12-30)43-26(22(37)20(24)35)40-10-8-6-4-3-5-7-9-16(31)39-2/h13-15,17-30,32-38H,3-12H2,1-2H3/t13-,14-,15-,17+,18+,19+,20-,21-,22-,23-,24-,25+,26-,27-,28+/m1/s1. The largest absolute Gasteiger partial charge is 0.469 e. The van der Waals surface area contributed by atoms with Gasteiger partial charge < -0.3 is 79.1 Å². The van der Waals surface area contributed by atoms with E-state index in [0.29, 0.717) is 12.8 Å². The first-order valence-electron chi connectivity index (χ1n) is 15.4. The number of rotatable bonds is 16. The van der Waals surface area contributed by atoms with Gasteiger partial charge in [0.15, 0.2) is 18.9 Å². The number of methoxy groups -OCH3 is 1. The molecule has 3 rings (SSSR count). The molecule has 0 aromatic carbocycles. The summed E-state index contributed by atoms with van der Waals surface area (Å²) in [4.78, 5) is 11.1. The van der Waals surface area contributed by atoms with Crippen LogP contribution in [0, 0.1) is 0 Å². The molecule has 0 amide bonds. The summed E-state index contributed by atoms with van der Waals surface area (Å²) in [6, 6.07) is 0. The average molecular weight is 659 g/mol. The molecular formula is C28H50O17. The number of hydrogen-bond acceptors (Lipinski definition) is 17. The van der Waals surface area contributed by atoms with Crippen LogP contribution < -0.4 is 0 Å². The Kier molecular flexibility index (Phi) is 15.7. The van der Waals surface area contributed by atoms with Gasteiger partial charge in [-0.05, 0) is 19.8 Å². The second kappa shape index (κ2) is 18.4. The lowest BCUT2D eigenvalue weighted by Crippen LogP contribution is -2.66. The average Bonchev–Trinajstić information content (AvgIpc) is 3.03. The van der Waals surface area contributed by atoms with E-state index in [1.165, 1.54) is 14.0 Å². The second-order valence-corrected chi connectivity index (χ2v) is 11.6. The molecular weight excluding hydrogens is 608 g/mol. The second-order valence-electron chi connectivity index (χ2n) is 11.6. The highest BCUT2D eigenvalue weighted by Gasteiger charge is 2.53. The Labute approximate surface area is 261 Å². The summed E-state index contributed by atoms with van der Waals surface area (Å²) in [5.74, 6) is -0.233. The molecule has 17 heteroatoms. The third kappa shape index (κ3) is 9.94. The van der Waals surface area contributed by atoms with Crippen molar-refractivity contribution in [3.8, 4) is 0 Å². The van der Waals surface area contributed by atoms with Crippen molar-refractivity contribution in [1.82, 2.24) is 0 Å². The Bertz CT molecular complexity index is 865. The van der Waals surface area contributed by atoms with Gasteiger partial charge in [-0.15, -0.1) is 0 Å². The summed E-state index contributed by atoms with van der Waals surface area (Å²) in [5, 5.41) is 93.4. The van der Waals surface area contributed by atoms with E-state index in [1.807, 2.05) is 0 Å². The molecule has 0 aliphatic carbocycles. The molecule has 3 saturated heterocycles.